The van der Waals surface area contributed by atoms with Gasteiger partial charge in [-0.1, -0.05) is 61.7 Å². The molecule has 1 atom stereocenters. The highest BCUT2D eigenvalue weighted by molar-refractivity contribution is 5.48. The van der Waals surface area contributed by atoms with Gasteiger partial charge < -0.3 is 4.74 Å². The second kappa shape index (κ2) is 6.35. The van der Waals surface area contributed by atoms with Gasteiger partial charge in [-0.25, -0.2) is 0 Å². The highest BCUT2D eigenvalue weighted by Crippen LogP contribution is 2.27. The molecule has 0 fully saturated rings. The van der Waals surface area contributed by atoms with Crippen molar-refractivity contribution in [1.29, 1.82) is 0 Å². The summed E-state index contributed by atoms with van der Waals surface area (Å²) < 4.78 is 5.61. The molecule has 0 unspecified atom stereocenters. The van der Waals surface area contributed by atoms with E-state index in [0.717, 1.165) is 17.6 Å². The molecule has 0 bridgehead atoms. The standard InChI is InChI=1S/C18H20O/c1-4-17-15(3)19-13-18(17)14(2)9-8-12-16-10-6-5-7-11-16/h4-11,15H,1-2,12-13H2,3H3/b9-8+/t15-/m0/s1. The second-order valence-corrected chi connectivity index (χ2v) is 4.71. The third kappa shape index (κ3) is 3.33. The number of hydrogen-bond donors (Lipinski definition) is 0. The van der Waals surface area contributed by atoms with Gasteiger partial charge in [0.15, 0.2) is 0 Å². The highest BCUT2D eigenvalue weighted by Gasteiger charge is 2.20. The van der Waals surface area contributed by atoms with Crippen LogP contribution in [0.2, 0.25) is 0 Å². The summed E-state index contributed by atoms with van der Waals surface area (Å²) in [6.45, 7) is 10.7. The largest absolute Gasteiger partial charge is 0.369 e. The minimum Gasteiger partial charge on any atom is -0.369 e. The van der Waals surface area contributed by atoms with E-state index in [1.165, 1.54) is 11.1 Å². The number of hydrogen-bond acceptors (Lipinski definition) is 1. The van der Waals surface area contributed by atoms with E-state index in [9.17, 15) is 0 Å². The summed E-state index contributed by atoms with van der Waals surface area (Å²) in [6, 6.07) is 10.4. The van der Waals surface area contributed by atoms with Crippen LogP contribution in [0.3, 0.4) is 0 Å². The molecule has 0 radical (unpaired) electrons. The van der Waals surface area contributed by atoms with Gasteiger partial charge in [-0.15, -0.1) is 0 Å². The Bertz CT molecular complexity index is 520. The third-order valence-corrected chi connectivity index (χ3v) is 3.39. The van der Waals surface area contributed by atoms with Crippen molar-refractivity contribution in [2.24, 2.45) is 0 Å². The Labute approximate surface area is 115 Å². The zero-order valence-corrected chi connectivity index (χ0v) is 11.4. The van der Waals surface area contributed by atoms with Crippen molar-refractivity contribution in [3.63, 3.8) is 0 Å². The van der Waals surface area contributed by atoms with Crippen molar-refractivity contribution in [2.45, 2.75) is 19.4 Å². The first-order valence-corrected chi connectivity index (χ1v) is 6.59. The van der Waals surface area contributed by atoms with Gasteiger partial charge in [0.25, 0.3) is 0 Å². The molecule has 98 valence electrons. The average molecular weight is 252 g/mol. The molecule has 1 nitrogen and oxygen atoms in total. The molecule has 1 aromatic carbocycles. The van der Waals surface area contributed by atoms with Gasteiger partial charge in [0.05, 0.1) is 12.7 Å². The predicted octanol–water partition coefficient (Wildman–Crippen LogP) is 4.24. The first-order valence-electron chi connectivity index (χ1n) is 6.59. The van der Waals surface area contributed by atoms with Gasteiger partial charge in [-0.2, -0.15) is 0 Å². The fourth-order valence-corrected chi connectivity index (χ4v) is 2.25. The summed E-state index contributed by atoms with van der Waals surface area (Å²) in [4.78, 5) is 0. The van der Waals surface area contributed by atoms with Crippen LogP contribution in [0, 0.1) is 0 Å². The maximum absolute atomic E-state index is 5.61. The van der Waals surface area contributed by atoms with Crippen molar-refractivity contribution in [3.05, 3.63) is 84.0 Å². The van der Waals surface area contributed by atoms with Crippen LogP contribution in [0.1, 0.15) is 12.5 Å². The van der Waals surface area contributed by atoms with Gasteiger partial charge in [0.1, 0.15) is 0 Å². The Balaban J connectivity index is 2.02. The fourth-order valence-electron chi connectivity index (χ4n) is 2.25. The first-order chi connectivity index (χ1) is 9.22. The van der Waals surface area contributed by atoms with Crippen LogP contribution in [0.5, 0.6) is 0 Å². The van der Waals surface area contributed by atoms with Gasteiger partial charge in [-0.3, -0.25) is 0 Å². The molecule has 1 aromatic rings. The molecule has 0 spiro atoms. The summed E-state index contributed by atoms with van der Waals surface area (Å²) in [5.41, 5.74) is 4.66. The highest BCUT2D eigenvalue weighted by atomic mass is 16.5. The Kier molecular flexibility index (Phi) is 4.53. The first kappa shape index (κ1) is 13.6. The Hall–Kier alpha value is -1.86. The summed E-state index contributed by atoms with van der Waals surface area (Å²) in [7, 11) is 0. The van der Waals surface area contributed by atoms with E-state index in [2.05, 4.69) is 49.6 Å². The van der Waals surface area contributed by atoms with E-state index >= 15 is 0 Å². The van der Waals surface area contributed by atoms with E-state index in [-0.39, 0.29) is 6.10 Å². The summed E-state index contributed by atoms with van der Waals surface area (Å²) >= 11 is 0. The second-order valence-electron chi connectivity index (χ2n) is 4.71. The van der Waals surface area contributed by atoms with Crippen LogP contribution in [0.25, 0.3) is 0 Å². The number of rotatable bonds is 5. The SMILES string of the molecule is C=CC1=C(C(=C)/C=C/Cc2ccccc2)CO[C@H]1C. The lowest BCUT2D eigenvalue weighted by atomic mass is 10.00. The minimum atomic E-state index is 0.131. The smallest absolute Gasteiger partial charge is 0.0804 e. The molecule has 1 aliphatic rings. The van der Waals surface area contributed by atoms with E-state index in [4.69, 9.17) is 4.74 Å². The Morgan fingerprint density at radius 2 is 2.11 bits per heavy atom. The van der Waals surface area contributed by atoms with E-state index in [0.29, 0.717) is 6.61 Å². The molecule has 0 saturated carbocycles. The topological polar surface area (TPSA) is 9.23 Å². The number of ether oxygens (including phenoxy) is 1. The van der Waals surface area contributed by atoms with Crippen LogP contribution in [0.15, 0.2) is 78.4 Å². The zero-order valence-electron chi connectivity index (χ0n) is 11.4. The van der Waals surface area contributed by atoms with E-state index in [1.54, 1.807) is 0 Å². The van der Waals surface area contributed by atoms with Gasteiger partial charge in [0.2, 0.25) is 0 Å². The molecular weight excluding hydrogens is 232 g/mol. The molecule has 1 aliphatic heterocycles. The van der Waals surface area contributed by atoms with Crippen molar-refractivity contribution in [1.82, 2.24) is 0 Å². The van der Waals surface area contributed by atoms with Crippen molar-refractivity contribution < 1.29 is 4.74 Å². The third-order valence-electron chi connectivity index (χ3n) is 3.39. The molecule has 2 rings (SSSR count). The monoisotopic (exact) mass is 252 g/mol. The van der Waals surface area contributed by atoms with E-state index < -0.39 is 0 Å². The van der Waals surface area contributed by atoms with Crippen LogP contribution >= 0.6 is 0 Å². The van der Waals surface area contributed by atoms with Gasteiger partial charge >= 0.3 is 0 Å². The lowest BCUT2D eigenvalue weighted by molar-refractivity contribution is 0.136. The van der Waals surface area contributed by atoms with Crippen LogP contribution < -0.4 is 0 Å². The average Bonchev–Trinajstić information content (AvgIpc) is 2.81. The van der Waals surface area contributed by atoms with Gasteiger partial charge in [-0.05, 0) is 35.6 Å². The van der Waals surface area contributed by atoms with Crippen molar-refractivity contribution >= 4 is 0 Å². The molecule has 0 aliphatic carbocycles. The minimum absolute atomic E-state index is 0.131. The normalized spacial score (nSPS) is 19.1. The molecule has 0 saturated heterocycles. The van der Waals surface area contributed by atoms with E-state index in [1.807, 2.05) is 19.1 Å². The molecule has 0 aromatic heterocycles. The maximum Gasteiger partial charge on any atom is 0.0804 e. The lowest BCUT2D eigenvalue weighted by Gasteiger charge is -2.04. The Morgan fingerprint density at radius 1 is 1.37 bits per heavy atom. The molecule has 1 heteroatoms. The summed E-state index contributed by atoms with van der Waals surface area (Å²) in [5, 5.41) is 0. The predicted molar refractivity (Wildman–Crippen MR) is 81.1 cm³/mol. The fraction of sp³-hybridized carbons (Fsp3) is 0.222. The molecular formula is C18H20O. The van der Waals surface area contributed by atoms with Crippen molar-refractivity contribution in [2.75, 3.05) is 6.61 Å². The molecule has 1 heterocycles. The lowest BCUT2D eigenvalue weighted by Crippen LogP contribution is -2.00. The zero-order chi connectivity index (χ0) is 13.7. The van der Waals surface area contributed by atoms with Crippen LogP contribution in [-0.4, -0.2) is 12.7 Å². The Morgan fingerprint density at radius 3 is 2.79 bits per heavy atom. The van der Waals surface area contributed by atoms with Crippen LogP contribution in [-0.2, 0) is 11.2 Å². The number of allylic oxidation sites excluding steroid dienone is 2. The molecule has 0 N–H and O–H groups in total. The molecule has 19 heavy (non-hydrogen) atoms. The summed E-state index contributed by atoms with van der Waals surface area (Å²) in [5.74, 6) is 0. The maximum atomic E-state index is 5.61. The van der Waals surface area contributed by atoms with Crippen molar-refractivity contribution in [3.8, 4) is 0 Å². The quantitative estimate of drug-likeness (QED) is 0.712. The summed E-state index contributed by atoms with van der Waals surface area (Å²) in [6.07, 6.45) is 7.16. The van der Waals surface area contributed by atoms with Crippen LogP contribution in [0.4, 0.5) is 0 Å². The number of benzene rings is 1. The van der Waals surface area contributed by atoms with Gasteiger partial charge in [0, 0.05) is 0 Å². The molecule has 0 amide bonds.